The van der Waals surface area contributed by atoms with Gasteiger partial charge in [-0.1, -0.05) is 0 Å². The number of hydrogen-bond donors (Lipinski definition) is 1. The normalized spacial score (nSPS) is 34.5. The lowest BCUT2D eigenvalue weighted by molar-refractivity contribution is -0.305. The third-order valence-corrected chi connectivity index (χ3v) is 6.65. The Morgan fingerprint density at radius 2 is 1.78 bits per heavy atom. The number of rotatable bonds is 5. The molecule has 1 aromatic heterocycles. The van der Waals surface area contributed by atoms with Crippen LogP contribution < -0.4 is 10.4 Å². The van der Waals surface area contributed by atoms with E-state index < -0.39 is 5.97 Å². The van der Waals surface area contributed by atoms with Gasteiger partial charge in [0.1, 0.15) is 0 Å². The molecule has 0 saturated heterocycles. The van der Waals surface area contributed by atoms with Crippen molar-refractivity contribution < 1.29 is 14.7 Å². The van der Waals surface area contributed by atoms with E-state index in [2.05, 4.69) is 10.7 Å². The third-order valence-electron chi connectivity index (χ3n) is 5.89. The molecule has 4 saturated carbocycles. The number of thiazole rings is 1. The smallest absolute Gasteiger partial charge is 0.226 e. The summed E-state index contributed by atoms with van der Waals surface area (Å²) in [5.41, 5.74) is 1.39. The summed E-state index contributed by atoms with van der Waals surface area (Å²) in [4.78, 5) is 26.8. The lowest BCUT2D eigenvalue weighted by Gasteiger charge is -2.56. The molecule has 124 valence electrons. The molecule has 4 aliphatic carbocycles. The minimum atomic E-state index is -1.20. The van der Waals surface area contributed by atoms with Crippen LogP contribution in [0.25, 0.3) is 0 Å². The van der Waals surface area contributed by atoms with Gasteiger partial charge in [-0.25, -0.2) is 4.98 Å². The van der Waals surface area contributed by atoms with Gasteiger partial charge in [0.2, 0.25) is 5.91 Å². The van der Waals surface area contributed by atoms with Crippen LogP contribution in [0.15, 0.2) is 5.38 Å². The molecule has 0 aromatic carbocycles. The predicted octanol–water partition coefficient (Wildman–Crippen LogP) is 2.08. The topological polar surface area (TPSA) is 82.1 Å². The zero-order chi connectivity index (χ0) is 16.0. The van der Waals surface area contributed by atoms with E-state index in [0.717, 1.165) is 23.4 Å². The van der Waals surface area contributed by atoms with Crippen molar-refractivity contribution in [3.63, 3.8) is 0 Å². The highest BCUT2D eigenvalue weighted by Crippen LogP contribution is 2.60. The molecule has 0 atom stereocenters. The summed E-state index contributed by atoms with van der Waals surface area (Å²) < 4.78 is 0. The fourth-order valence-corrected chi connectivity index (χ4v) is 6.25. The Morgan fingerprint density at radius 3 is 2.35 bits per heavy atom. The van der Waals surface area contributed by atoms with Crippen molar-refractivity contribution in [2.24, 2.45) is 17.8 Å². The van der Waals surface area contributed by atoms with Gasteiger partial charge < -0.3 is 15.2 Å². The van der Waals surface area contributed by atoms with E-state index >= 15 is 0 Å². The number of aromatic nitrogens is 1. The van der Waals surface area contributed by atoms with Crippen LogP contribution in [-0.4, -0.2) is 16.9 Å². The van der Waals surface area contributed by atoms with Gasteiger partial charge in [-0.05, 0) is 62.7 Å². The average Bonchev–Trinajstić information content (AvgIpc) is 2.93. The minimum absolute atomic E-state index is 0.0609. The number of nitrogens with zero attached hydrogens (tertiary/aromatic N) is 1. The Hall–Kier alpha value is -1.43. The monoisotopic (exact) mass is 333 g/mol. The van der Waals surface area contributed by atoms with Crippen molar-refractivity contribution in [1.82, 2.24) is 4.98 Å². The number of carbonyl (C=O) groups is 2. The van der Waals surface area contributed by atoms with Crippen molar-refractivity contribution >= 4 is 28.3 Å². The van der Waals surface area contributed by atoms with E-state index in [1.807, 2.05) is 0 Å². The van der Waals surface area contributed by atoms with Gasteiger partial charge in [0.15, 0.2) is 5.13 Å². The fraction of sp³-hybridized carbons (Fsp3) is 0.706. The number of anilines is 1. The van der Waals surface area contributed by atoms with E-state index in [1.54, 1.807) is 0 Å². The van der Waals surface area contributed by atoms with E-state index in [4.69, 9.17) is 4.98 Å². The molecule has 0 spiro atoms. The van der Waals surface area contributed by atoms with Crippen molar-refractivity contribution in [3.05, 3.63) is 11.1 Å². The number of amides is 1. The maximum atomic E-state index is 11.7. The second-order valence-corrected chi connectivity index (χ2v) is 8.51. The molecule has 5 rings (SSSR count). The minimum Gasteiger partial charge on any atom is -0.550 e. The van der Waals surface area contributed by atoms with E-state index in [9.17, 15) is 14.7 Å². The van der Waals surface area contributed by atoms with Crippen molar-refractivity contribution in [1.29, 1.82) is 0 Å². The number of hydrogen-bond acceptors (Lipinski definition) is 5. The lowest BCUT2D eigenvalue weighted by Crippen LogP contribution is -2.48. The van der Waals surface area contributed by atoms with Crippen LogP contribution in [-0.2, 0) is 15.0 Å². The summed E-state index contributed by atoms with van der Waals surface area (Å²) in [5, 5.41) is 15.8. The summed E-state index contributed by atoms with van der Waals surface area (Å²) >= 11 is 1.45. The SMILES string of the molecule is O=C([O-])CCC(=O)Nc1nc(C23CC4CC(CC(C4)C2)C3)cs1. The molecular formula is C17H21N2O3S-. The molecule has 6 heteroatoms. The van der Waals surface area contributed by atoms with Crippen LogP contribution in [0.3, 0.4) is 0 Å². The largest absolute Gasteiger partial charge is 0.550 e. The molecule has 1 aromatic rings. The highest BCUT2D eigenvalue weighted by atomic mass is 32.1. The Labute approximate surface area is 139 Å². The molecule has 4 fully saturated rings. The summed E-state index contributed by atoms with van der Waals surface area (Å²) in [5.74, 6) is 1.09. The van der Waals surface area contributed by atoms with Crippen LogP contribution in [0, 0.1) is 17.8 Å². The summed E-state index contributed by atoms with van der Waals surface area (Å²) in [7, 11) is 0. The number of nitrogens with one attached hydrogen (secondary N) is 1. The molecular weight excluding hydrogens is 312 g/mol. The Kier molecular flexibility index (Phi) is 3.67. The fourth-order valence-electron chi connectivity index (χ4n) is 5.40. The van der Waals surface area contributed by atoms with Gasteiger partial charge in [-0.15, -0.1) is 11.3 Å². The highest BCUT2D eigenvalue weighted by Gasteiger charge is 2.52. The standard InChI is InChI=1S/C17H22N2O3S/c20-14(1-2-15(21)22)19-16-18-13(9-23-16)17-6-10-3-11(7-17)5-12(4-10)8-17/h9-12H,1-8H2,(H,21,22)(H,18,19,20)/p-1. The summed E-state index contributed by atoms with van der Waals surface area (Å²) in [6, 6.07) is 0. The Balaban J connectivity index is 1.46. The molecule has 4 aliphatic rings. The van der Waals surface area contributed by atoms with Crippen LogP contribution in [0.4, 0.5) is 5.13 Å². The third kappa shape index (κ3) is 2.89. The number of carboxylic acids is 1. The van der Waals surface area contributed by atoms with Crippen LogP contribution in [0.5, 0.6) is 0 Å². The molecule has 23 heavy (non-hydrogen) atoms. The molecule has 1 amide bonds. The second-order valence-electron chi connectivity index (χ2n) is 7.66. The maximum absolute atomic E-state index is 11.7. The summed E-state index contributed by atoms with van der Waals surface area (Å²) in [6.45, 7) is 0. The first-order chi connectivity index (χ1) is 11.0. The van der Waals surface area contributed by atoms with Gasteiger partial charge in [0, 0.05) is 23.2 Å². The van der Waals surface area contributed by atoms with E-state index in [0.29, 0.717) is 5.13 Å². The van der Waals surface area contributed by atoms with Crippen LogP contribution in [0.2, 0.25) is 0 Å². The first-order valence-electron chi connectivity index (χ1n) is 8.48. The van der Waals surface area contributed by atoms with Gasteiger partial charge in [-0.2, -0.15) is 0 Å². The first-order valence-corrected chi connectivity index (χ1v) is 9.36. The van der Waals surface area contributed by atoms with Crippen molar-refractivity contribution in [2.75, 3.05) is 5.32 Å². The van der Waals surface area contributed by atoms with Crippen molar-refractivity contribution in [3.8, 4) is 0 Å². The molecule has 4 bridgehead atoms. The summed E-state index contributed by atoms with van der Waals surface area (Å²) in [6.07, 6.45) is 7.64. The Bertz CT molecular complexity index is 604. The van der Waals surface area contributed by atoms with Gasteiger partial charge >= 0.3 is 0 Å². The molecule has 0 radical (unpaired) electrons. The maximum Gasteiger partial charge on any atom is 0.226 e. The van der Waals surface area contributed by atoms with E-state index in [-0.39, 0.29) is 24.2 Å². The molecule has 5 nitrogen and oxygen atoms in total. The number of aliphatic carboxylic acids is 1. The zero-order valence-electron chi connectivity index (χ0n) is 13.0. The number of carboxylic acid groups (broad SMARTS) is 1. The quantitative estimate of drug-likeness (QED) is 0.894. The zero-order valence-corrected chi connectivity index (χ0v) is 13.9. The first kappa shape index (κ1) is 15.1. The van der Waals surface area contributed by atoms with E-state index in [1.165, 1.54) is 49.9 Å². The Morgan fingerprint density at radius 1 is 1.17 bits per heavy atom. The molecule has 1 N–H and O–H groups in total. The molecule has 0 unspecified atom stereocenters. The van der Waals surface area contributed by atoms with Crippen LogP contribution >= 0.6 is 11.3 Å². The molecule has 1 heterocycles. The lowest BCUT2D eigenvalue weighted by atomic mass is 9.49. The average molecular weight is 333 g/mol. The second kappa shape index (κ2) is 5.58. The predicted molar refractivity (Wildman–Crippen MR) is 84.8 cm³/mol. The van der Waals surface area contributed by atoms with Crippen molar-refractivity contribution in [2.45, 2.75) is 56.8 Å². The highest BCUT2D eigenvalue weighted by molar-refractivity contribution is 7.13. The van der Waals surface area contributed by atoms with Gasteiger partial charge in [-0.3, -0.25) is 4.79 Å². The van der Waals surface area contributed by atoms with Gasteiger partial charge in [0.05, 0.1) is 5.69 Å². The van der Waals surface area contributed by atoms with Gasteiger partial charge in [0.25, 0.3) is 0 Å². The molecule has 0 aliphatic heterocycles. The van der Waals surface area contributed by atoms with Crippen LogP contribution in [0.1, 0.15) is 57.1 Å². The number of carbonyl (C=O) groups excluding carboxylic acids is 2.